The van der Waals surface area contributed by atoms with E-state index in [4.69, 9.17) is 9.97 Å². The van der Waals surface area contributed by atoms with Crippen molar-refractivity contribution in [3.8, 4) is 0 Å². The zero-order chi connectivity index (χ0) is 30.3. The maximum absolute atomic E-state index is 11.6. The molecule has 0 amide bonds. The van der Waals surface area contributed by atoms with E-state index in [2.05, 4.69) is 50.9 Å². The van der Waals surface area contributed by atoms with Gasteiger partial charge in [0.15, 0.2) is 0 Å². The van der Waals surface area contributed by atoms with Crippen molar-refractivity contribution in [2.24, 2.45) is 0 Å². The molecule has 0 spiro atoms. The number of carbonyl (C=O) groups is 2. The molecule has 8 nitrogen and oxygen atoms in total. The first kappa shape index (κ1) is 29.0. The van der Waals surface area contributed by atoms with Crippen molar-refractivity contribution in [3.63, 3.8) is 0 Å². The van der Waals surface area contributed by atoms with Crippen LogP contribution in [0.3, 0.4) is 0 Å². The number of carboxylic acid groups (broad SMARTS) is 2. The third kappa shape index (κ3) is 5.29. The van der Waals surface area contributed by atoms with Crippen molar-refractivity contribution >= 4 is 56.3 Å². The average molecular weight is 567 g/mol. The van der Waals surface area contributed by atoms with E-state index in [-0.39, 0.29) is 12.8 Å². The number of rotatable bonds is 8. The number of nitrogens with zero attached hydrogens (tertiary/aromatic N) is 3. The molecular weight excluding hydrogens is 528 g/mol. The molecule has 3 aromatic rings. The fourth-order valence-electron chi connectivity index (χ4n) is 6.21. The first-order valence-corrected chi connectivity index (χ1v) is 14.6. The Morgan fingerprint density at radius 2 is 1.38 bits per heavy atom. The molecule has 42 heavy (non-hydrogen) atoms. The van der Waals surface area contributed by atoms with E-state index in [1.165, 1.54) is 11.1 Å². The standard InChI is InChI=1S/C34H38N4O4/c1-7-23-19(4)28-16-30-25(9-10-33(39)40)21(6)26(35-30)14-22-13-18(3)32(38(22)12-11-34(41)42)17-31-24(8-2)20(5)27(37-31)15-29(23)36-28/h13-17,36H,7-12H2,1-6H3,(H,39,40)(H,41,42). The zero-order valence-corrected chi connectivity index (χ0v) is 25.2. The van der Waals surface area contributed by atoms with Gasteiger partial charge in [-0.05, 0) is 116 Å². The number of fused-ring (bicyclic) bond motifs is 8. The number of carboxylic acids is 2. The fourth-order valence-corrected chi connectivity index (χ4v) is 6.21. The van der Waals surface area contributed by atoms with Crippen LogP contribution in [-0.4, -0.2) is 41.7 Å². The van der Waals surface area contributed by atoms with Gasteiger partial charge < -0.3 is 19.8 Å². The molecular formula is C34H38N4O4. The van der Waals surface area contributed by atoms with Crippen molar-refractivity contribution in [1.29, 1.82) is 0 Å². The summed E-state index contributed by atoms with van der Waals surface area (Å²) < 4.78 is 2.03. The van der Waals surface area contributed by atoms with Gasteiger partial charge in [0.05, 0.1) is 29.2 Å². The molecule has 0 radical (unpaired) electrons. The molecule has 218 valence electrons. The first-order chi connectivity index (χ1) is 20.0. The van der Waals surface area contributed by atoms with Crippen molar-refractivity contribution < 1.29 is 19.8 Å². The number of aromatic amines is 1. The molecule has 5 heterocycles. The Bertz CT molecular complexity index is 1850. The van der Waals surface area contributed by atoms with Crippen molar-refractivity contribution in [1.82, 2.24) is 19.5 Å². The molecule has 3 aromatic heterocycles. The Labute approximate surface area is 245 Å². The Morgan fingerprint density at radius 3 is 2.02 bits per heavy atom. The van der Waals surface area contributed by atoms with Gasteiger partial charge in [0.1, 0.15) is 0 Å². The van der Waals surface area contributed by atoms with Gasteiger partial charge in [-0.2, -0.15) is 0 Å². The Morgan fingerprint density at radius 1 is 0.762 bits per heavy atom. The van der Waals surface area contributed by atoms with E-state index in [1.54, 1.807) is 0 Å². The molecule has 8 bridgehead atoms. The monoisotopic (exact) mass is 566 g/mol. The minimum Gasteiger partial charge on any atom is -0.481 e. The highest BCUT2D eigenvalue weighted by Crippen LogP contribution is 2.36. The smallest absolute Gasteiger partial charge is 0.305 e. The molecule has 0 fully saturated rings. The lowest BCUT2D eigenvalue weighted by atomic mass is 10.0. The zero-order valence-electron chi connectivity index (χ0n) is 25.2. The van der Waals surface area contributed by atoms with Crippen LogP contribution in [0.25, 0.3) is 44.4 Å². The van der Waals surface area contributed by atoms with Gasteiger partial charge >= 0.3 is 11.9 Å². The predicted octanol–water partition coefficient (Wildman–Crippen LogP) is 7.58. The van der Waals surface area contributed by atoms with Gasteiger partial charge in [-0.15, -0.1) is 0 Å². The summed E-state index contributed by atoms with van der Waals surface area (Å²) in [6.45, 7) is 12.8. The number of nitrogens with one attached hydrogen (secondary N) is 1. The highest BCUT2D eigenvalue weighted by Gasteiger charge is 2.20. The third-order valence-corrected chi connectivity index (χ3v) is 8.56. The number of hydrogen-bond acceptors (Lipinski definition) is 4. The highest BCUT2D eigenvalue weighted by molar-refractivity contribution is 5.95. The van der Waals surface area contributed by atoms with Gasteiger partial charge in [-0.3, -0.25) is 9.59 Å². The lowest BCUT2D eigenvalue weighted by Crippen LogP contribution is -2.04. The largest absolute Gasteiger partial charge is 0.481 e. The van der Waals surface area contributed by atoms with Crippen LogP contribution >= 0.6 is 0 Å². The molecule has 8 heteroatoms. The molecule has 0 atom stereocenters. The van der Waals surface area contributed by atoms with E-state index < -0.39 is 11.9 Å². The normalized spacial score (nSPS) is 13.3. The van der Waals surface area contributed by atoms with Crippen LogP contribution in [0.1, 0.15) is 92.8 Å². The fraction of sp³-hybridized carbons (Fsp3) is 0.353. The lowest BCUT2D eigenvalue weighted by Gasteiger charge is -2.06. The van der Waals surface area contributed by atoms with E-state index in [0.29, 0.717) is 13.0 Å². The second kappa shape index (κ2) is 11.4. The summed E-state index contributed by atoms with van der Waals surface area (Å²) in [6, 6.07) is 10.3. The summed E-state index contributed by atoms with van der Waals surface area (Å²) in [6.07, 6.45) is 2.02. The number of allylic oxidation sites excluding steroid dienone is 4. The molecule has 2 aliphatic rings. The number of aryl methyl sites for hydroxylation is 4. The molecule has 5 rings (SSSR count). The van der Waals surface area contributed by atoms with Crippen LogP contribution in [0, 0.1) is 13.8 Å². The topological polar surface area (TPSA) is 121 Å². The molecule has 0 aliphatic carbocycles. The van der Waals surface area contributed by atoms with Crippen LogP contribution in [0.2, 0.25) is 0 Å². The number of aromatic nitrogens is 4. The quantitative estimate of drug-likeness (QED) is 0.258. The second-order valence-electron chi connectivity index (χ2n) is 11.1. The average Bonchev–Trinajstić information content (AvgIpc) is 3.59. The van der Waals surface area contributed by atoms with Crippen molar-refractivity contribution in [3.05, 3.63) is 69.8 Å². The first-order valence-electron chi connectivity index (χ1n) is 14.6. The van der Waals surface area contributed by atoms with Crippen LogP contribution in [0.5, 0.6) is 0 Å². The number of H-pyrrole nitrogens is 1. The lowest BCUT2D eigenvalue weighted by molar-refractivity contribution is -0.138. The van der Waals surface area contributed by atoms with E-state index >= 15 is 0 Å². The predicted molar refractivity (Wildman–Crippen MR) is 168 cm³/mol. The Kier molecular flexibility index (Phi) is 7.91. The van der Waals surface area contributed by atoms with E-state index in [9.17, 15) is 19.8 Å². The second-order valence-corrected chi connectivity index (χ2v) is 11.1. The highest BCUT2D eigenvalue weighted by atomic mass is 16.4. The van der Waals surface area contributed by atoms with Gasteiger partial charge in [0, 0.05) is 35.0 Å². The summed E-state index contributed by atoms with van der Waals surface area (Å²) in [5, 5.41) is 19.0. The molecule has 0 aromatic carbocycles. The summed E-state index contributed by atoms with van der Waals surface area (Å²) in [5.41, 5.74) is 14.5. The van der Waals surface area contributed by atoms with Crippen LogP contribution in [0.15, 0.2) is 30.3 Å². The maximum Gasteiger partial charge on any atom is 0.305 e. The SMILES string of the molecule is CCC1=C(C)c2cc3[nH]c(cc4nc(cc5cc(C)c(cc1n2)n5CCC(=O)O)C(C)=C4CCC(=O)O)c(C)c3CC. The molecule has 0 saturated heterocycles. The minimum atomic E-state index is -0.865. The van der Waals surface area contributed by atoms with Crippen LogP contribution in [-0.2, 0) is 22.6 Å². The maximum atomic E-state index is 11.6. The van der Waals surface area contributed by atoms with E-state index in [0.717, 1.165) is 85.5 Å². The number of hydrogen-bond donors (Lipinski definition) is 3. The summed E-state index contributed by atoms with van der Waals surface area (Å²) in [4.78, 5) is 36.9. The molecule has 2 aliphatic heterocycles. The Hall–Kier alpha value is -4.46. The van der Waals surface area contributed by atoms with Crippen molar-refractivity contribution in [2.75, 3.05) is 0 Å². The summed E-state index contributed by atoms with van der Waals surface area (Å²) >= 11 is 0. The minimum absolute atomic E-state index is 0.00672. The van der Waals surface area contributed by atoms with E-state index in [1.807, 2.05) is 30.5 Å². The molecule has 3 N–H and O–H groups in total. The van der Waals surface area contributed by atoms with Crippen molar-refractivity contribution in [2.45, 2.75) is 80.2 Å². The third-order valence-electron chi connectivity index (χ3n) is 8.56. The van der Waals surface area contributed by atoms with Crippen LogP contribution < -0.4 is 0 Å². The van der Waals surface area contributed by atoms with Gasteiger partial charge in [0.2, 0.25) is 0 Å². The summed E-state index contributed by atoms with van der Waals surface area (Å²) in [5.74, 6) is -1.72. The number of aliphatic carboxylic acids is 2. The molecule has 0 saturated carbocycles. The van der Waals surface area contributed by atoms with Crippen LogP contribution in [0.4, 0.5) is 0 Å². The Balaban J connectivity index is 1.94. The van der Waals surface area contributed by atoms with Gasteiger partial charge in [-0.25, -0.2) is 9.97 Å². The van der Waals surface area contributed by atoms with Gasteiger partial charge in [0.25, 0.3) is 0 Å². The molecule has 0 unspecified atom stereocenters. The van der Waals surface area contributed by atoms with Gasteiger partial charge in [-0.1, -0.05) is 13.8 Å². The summed E-state index contributed by atoms with van der Waals surface area (Å²) in [7, 11) is 0.